The van der Waals surface area contributed by atoms with Gasteiger partial charge in [-0.1, -0.05) is 0 Å². The van der Waals surface area contributed by atoms with Crippen LogP contribution in [0, 0.1) is 5.82 Å². The van der Waals surface area contributed by atoms with E-state index in [9.17, 15) is 12.8 Å². The summed E-state index contributed by atoms with van der Waals surface area (Å²) in [6, 6.07) is 3.43. The van der Waals surface area contributed by atoms with Gasteiger partial charge in [0.2, 0.25) is 10.0 Å². The van der Waals surface area contributed by atoms with Crippen molar-refractivity contribution >= 4 is 38.4 Å². The summed E-state index contributed by atoms with van der Waals surface area (Å²) in [6.07, 6.45) is 0.762. The Morgan fingerprint density at radius 3 is 2.72 bits per heavy atom. The summed E-state index contributed by atoms with van der Waals surface area (Å²) < 4.78 is 39.8. The number of sulfonamides is 1. The van der Waals surface area contributed by atoms with Crippen LogP contribution in [0.4, 0.5) is 4.39 Å². The predicted octanol–water partition coefficient (Wildman–Crippen LogP) is 1.65. The summed E-state index contributed by atoms with van der Waals surface area (Å²) in [5.74, 6) is -0.474. The largest absolute Gasteiger partial charge is 0.315 e. The van der Waals surface area contributed by atoms with Crippen molar-refractivity contribution < 1.29 is 12.8 Å². The maximum absolute atomic E-state index is 12.9. The quantitative estimate of drug-likeness (QED) is 0.863. The van der Waals surface area contributed by atoms with Gasteiger partial charge in [0, 0.05) is 17.1 Å². The summed E-state index contributed by atoms with van der Waals surface area (Å²) in [5, 5.41) is 3.07. The van der Waals surface area contributed by atoms with Gasteiger partial charge in [0.25, 0.3) is 0 Å². The zero-order valence-corrected chi connectivity index (χ0v) is 12.5. The van der Waals surface area contributed by atoms with Gasteiger partial charge in [0.05, 0.1) is 4.90 Å². The molecule has 0 amide bonds. The second-order valence-electron chi connectivity index (χ2n) is 3.89. The van der Waals surface area contributed by atoms with E-state index >= 15 is 0 Å². The zero-order valence-electron chi connectivity index (χ0n) is 9.32. The molecule has 18 heavy (non-hydrogen) atoms. The number of nitrogens with one attached hydrogen (secondary N) is 2. The van der Waals surface area contributed by atoms with Crippen molar-refractivity contribution in [3.63, 3.8) is 0 Å². The molecule has 1 aliphatic rings. The van der Waals surface area contributed by atoms with E-state index in [4.69, 9.17) is 0 Å². The van der Waals surface area contributed by atoms with Crippen LogP contribution in [0.3, 0.4) is 0 Å². The minimum atomic E-state index is -3.59. The molecule has 0 bridgehead atoms. The highest BCUT2D eigenvalue weighted by Crippen LogP contribution is 2.23. The number of rotatable bonds is 3. The average molecular weight is 360 g/mol. The van der Waals surface area contributed by atoms with Crippen LogP contribution in [0.5, 0.6) is 0 Å². The molecule has 4 nitrogen and oxygen atoms in total. The molecule has 1 aromatic carbocycles. The minimum absolute atomic E-state index is 0. The monoisotopic (exact) mass is 358 g/mol. The van der Waals surface area contributed by atoms with Gasteiger partial charge in [-0.15, -0.1) is 12.4 Å². The molecule has 1 aliphatic heterocycles. The van der Waals surface area contributed by atoms with Crippen molar-refractivity contribution in [3.05, 3.63) is 28.5 Å². The Hall–Kier alpha value is -0.210. The second-order valence-corrected chi connectivity index (χ2v) is 6.42. The van der Waals surface area contributed by atoms with Gasteiger partial charge in [-0.05, 0) is 47.1 Å². The first-order valence-corrected chi connectivity index (χ1v) is 7.45. The fourth-order valence-corrected chi connectivity index (χ4v) is 4.05. The average Bonchev–Trinajstić information content (AvgIpc) is 2.68. The van der Waals surface area contributed by atoms with Crippen LogP contribution in [-0.2, 0) is 10.0 Å². The molecule has 0 saturated carbocycles. The van der Waals surface area contributed by atoms with Crippen molar-refractivity contribution in [1.82, 2.24) is 10.0 Å². The topological polar surface area (TPSA) is 58.2 Å². The lowest BCUT2D eigenvalue weighted by atomic mass is 10.3. The van der Waals surface area contributed by atoms with Gasteiger partial charge in [0.15, 0.2) is 0 Å². The molecule has 0 spiro atoms. The van der Waals surface area contributed by atoms with Crippen LogP contribution in [0.2, 0.25) is 0 Å². The lowest BCUT2D eigenvalue weighted by Crippen LogP contribution is -2.36. The van der Waals surface area contributed by atoms with Crippen molar-refractivity contribution in [1.29, 1.82) is 0 Å². The lowest BCUT2D eigenvalue weighted by molar-refractivity contribution is 0.559. The molecule has 8 heteroatoms. The van der Waals surface area contributed by atoms with E-state index in [0.29, 0.717) is 6.54 Å². The van der Waals surface area contributed by atoms with E-state index in [-0.39, 0.29) is 27.8 Å². The Balaban J connectivity index is 0.00000162. The van der Waals surface area contributed by atoms with Crippen molar-refractivity contribution in [2.75, 3.05) is 13.1 Å². The highest BCUT2D eigenvalue weighted by Gasteiger charge is 2.24. The van der Waals surface area contributed by atoms with Crippen LogP contribution in [-0.4, -0.2) is 27.5 Å². The Bertz CT molecular complexity index is 521. The molecule has 2 N–H and O–H groups in total. The summed E-state index contributed by atoms with van der Waals surface area (Å²) in [7, 11) is -3.59. The van der Waals surface area contributed by atoms with E-state index < -0.39 is 15.8 Å². The van der Waals surface area contributed by atoms with Crippen LogP contribution in [0.1, 0.15) is 6.42 Å². The van der Waals surface area contributed by atoms with Crippen molar-refractivity contribution in [2.45, 2.75) is 17.4 Å². The van der Waals surface area contributed by atoms with Crippen LogP contribution in [0.15, 0.2) is 27.6 Å². The SMILES string of the molecule is Cl.O=S(=O)(NC1CCNC1)c1ccc(F)cc1Br. The van der Waals surface area contributed by atoms with E-state index in [2.05, 4.69) is 26.0 Å². The minimum Gasteiger partial charge on any atom is -0.315 e. The molecule has 0 aliphatic carbocycles. The normalized spacial score (nSPS) is 19.6. The van der Waals surface area contributed by atoms with Gasteiger partial charge < -0.3 is 5.32 Å². The summed E-state index contributed by atoms with van der Waals surface area (Å²) in [5.41, 5.74) is 0. The molecule has 1 heterocycles. The molecule has 2 rings (SSSR count). The van der Waals surface area contributed by atoms with E-state index in [1.54, 1.807) is 0 Å². The smallest absolute Gasteiger partial charge is 0.241 e. The molecular weight excluding hydrogens is 347 g/mol. The third-order valence-corrected chi connectivity index (χ3v) is 5.06. The van der Waals surface area contributed by atoms with Crippen LogP contribution < -0.4 is 10.0 Å². The number of benzene rings is 1. The van der Waals surface area contributed by atoms with Crippen molar-refractivity contribution in [3.8, 4) is 0 Å². The number of hydrogen-bond acceptors (Lipinski definition) is 3. The zero-order chi connectivity index (χ0) is 12.5. The first kappa shape index (κ1) is 15.8. The number of halogens is 3. The first-order chi connectivity index (χ1) is 7.99. The Labute approximate surface area is 120 Å². The highest BCUT2D eigenvalue weighted by atomic mass is 79.9. The Morgan fingerprint density at radius 1 is 1.44 bits per heavy atom. The molecule has 0 radical (unpaired) electrons. The molecule has 1 aromatic rings. The molecule has 1 saturated heterocycles. The molecule has 0 aromatic heterocycles. The van der Waals surface area contributed by atoms with Crippen LogP contribution in [0.25, 0.3) is 0 Å². The first-order valence-electron chi connectivity index (χ1n) is 5.17. The lowest BCUT2D eigenvalue weighted by Gasteiger charge is -2.13. The molecule has 1 atom stereocenters. The maximum atomic E-state index is 12.9. The Kier molecular flexibility index (Phi) is 5.54. The summed E-state index contributed by atoms with van der Waals surface area (Å²) in [6.45, 7) is 1.43. The van der Waals surface area contributed by atoms with Gasteiger partial charge in [-0.3, -0.25) is 0 Å². The van der Waals surface area contributed by atoms with Gasteiger partial charge in [-0.2, -0.15) is 0 Å². The van der Waals surface area contributed by atoms with Gasteiger partial charge in [-0.25, -0.2) is 17.5 Å². The molecular formula is C10H13BrClFN2O2S. The fourth-order valence-electron chi connectivity index (χ4n) is 1.73. The number of hydrogen-bond donors (Lipinski definition) is 2. The van der Waals surface area contributed by atoms with E-state index in [0.717, 1.165) is 25.1 Å². The predicted molar refractivity (Wildman–Crippen MR) is 72.9 cm³/mol. The summed E-state index contributed by atoms with van der Waals surface area (Å²) in [4.78, 5) is 0.0609. The van der Waals surface area contributed by atoms with E-state index in [1.165, 1.54) is 6.07 Å². The van der Waals surface area contributed by atoms with E-state index in [1.807, 2.05) is 0 Å². The third-order valence-electron chi connectivity index (χ3n) is 2.57. The maximum Gasteiger partial charge on any atom is 0.241 e. The van der Waals surface area contributed by atoms with Gasteiger partial charge in [0.1, 0.15) is 5.82 Å². The third kappa shape index (κ3) is 3.64. The van der Waals surface area contributed by atoms with Crippen molar-refractivity contribution in [2.24, 2.45) is 0 Å². The standard InChI is InChI=1S/C10H12BrFN2O2S.ClH/c11-9-5-7(12)1-2-10(9)17(15,16)14-8-3-4-13-6-8;/h1-2,5,8,13-14H,3-4,6H2;1H. The second kappa shape index (κ2) is 6.29. The fraction of sp³-hybridized carbons (Fsp3) is 0.400. The summed E-state index contributed by atoms with van der Waals surface area (Å²) >= 11 is 3.06. The van der Waals surface area contributed by atoms with Crippen LogP contribution >= 0.6 is 28.3 Å². The Morgan fingerprint density at radius 2 is 2.17 bits per heavy atom. The molecule has 102 valence electrons. The van der Waals surface area contributed by atoms with Gasteiger partial charge >= 0.3 is 0 Å². The molecule has 1 unspecified atom stereocenters. The molecule has 1 fully saturated rings. The highest BCUT2D eigenvalue weighted by molar-refractivity contribution is 9.10.